The highest BCUT2D eigenvalue weighted by Gasteiger charge is 2.38. The van der Waals surface area contributed by atoms with Gasteiger partial charge in [-0.1, -0.05) is 34.6 Å². The van der Waals surface area contributed by atoms with Gasteiger partial charge < -0.3 is 18.4 Å². The maximum atomic E-state index is 14.0. The summed E-state index contributed by atoms with van der Waals surface area (Å²) < 4.78 is 90.8. The average Bonchev–Trinajstić information content (AvgIpc) is 2.82. The molecule has 0 amide bonds. The van der Waals surface area contributed by atoms with Crippen LogP contribution in [0.2, 0.25) is 0 Å². The van der Waals surface area contributed by atoms with Crippen molar-refractivity contribution >= 4 is 16.3 Å². The number of hydrogen-bond donors (Lipinski definition) is 0. The van der Waals surface area contributed by atoms with Crippen LogP contribution in [0.1, 0.15) is 50.5 Å². The molecule has 0 aliphatic carbocycles. The zero-order chi connectivity index (χ0) is 27.2. The van der Waals surface area contributed by atoms with E-state index in [2.05, 4.69) is 45.6 Å². The minimum absolute atomic E-state index is 0.0920. The smallest absolute Gasteiger partial charge is 0.344 e. The monoisotopic (exact) mass is 536 g/mol. The van der Waals surface area contributed by atoms with E-state index < -0.39 is 57.2 Å². The number of fused-ring (bicyclic) bond motifs is 1. The first kappa shape index (κ1) is 28.0. The Balaban J connectivity index is 1.83. The van der Waals surface area contributed by atoms with E-state index in [9.17, 15) is 26.7 Å². The Hall–Kier alpha value is -2.53. The van der Waals surface area contributed by atoms with E-state index in [4.69, 9.17) is 13.7 Å². The summed E-state index contributed by atoms with van der Waals surface area (Å²) in [5.41, 5.74) is 0.0102. The predicted molar refractivity (Wildman–Crippen MR) is 127 cm³/mol. The van der Waals surface area contributed by atoms with E-state index >= 15 is 0 Å². The van der Waals surface area contributed by atoms with Gasteiger partial charge in [0.1, 0.15) is 6.61 Å². The Morgan fingerprint density at radius 3 is 2.14 bits per heavy atom. The summed E-state index contributed by atoms with van der Waals surface area (Å²) in [6.45, 7) is 12.4. The fraction of sp³-hybridized carbons (Fsp3) is 0.480. The molecule has 0 spiro atoms. The number of rotatable bonds is 6. The van der Waals surface area contributed by atoms with E-state index in [0.717, 1.165) is 0 Å². The molecule has 2 aromatic rings. The van der Waals surface area contributed by atoms with Crippen LogP contribution in [0.5, 0.6) is 17.2 Å². The third-order valence-electron chi connectivity index (χ3n) is 6.28. The van der Waals surface area contributed by atoms with Crippen molar-refractivity contribution in [2.75, 3.05) is 19.5 Å². The lowest BCUT2D eigenvalue weighted by molar-refractivity contribution is 0.0556. The second-order valence-corrected chi connectivity index (χ2v) is 14.0. The Kier molecular flexibility index (Phi) is 7.86. The highest BCUT2D eigenvalue weighted by atomic mass is 32.3. The van der Waals surface area contributed by atoms with Gasteiger partial charge in [-0.05, 0) is 25.3 Å². The van der Waals surface area contributed by atoms with E-state index in [1.165, 1.54) is 19.1 Å². The third-order valence-corrected chi connectivity index (χ3v) is 11.1. The van der Waals surface area contributed by atoms with Crippen LogP contribution in [0.15, 0.2) is 12.1 Å². The molecule has 0 fully saturated rings. The molecule has 1 heterocycles. The summed E-state index contributed by atoms with van der Waals surface area (Å²) in [7, 11) is -1.50. The van der Waals surface area contributed by atoms with Crippen molar-refractivity contribution in [2.45, 2.75) is 57.6 Å². The minimum Gasteiger partial charge on any atom is -0.486 e. The molecule has 3 rings (SSSR count). The molecule has 2 aromatic carbocycles. The van der Waals surface area contributed by atoms with Gasteiger partial charge in [0, 0.05) is 15.6 Å². The van der Waals surface area contributed by atoms with Crippen LogP contribution in [-0.4, -0.2) is 41.5 Å². The van der Waals surface area contributed by atoms with Gasteiger partial charge in [-0.25, -0.2) is 18.0 Å². The molecule has 1 aliphatic rings. The zero-order valence-corrected chi connectivity index (χ0v) is 21.9. The molecule has 1 aliphatic heterocycles. The van der Waals surface area contributed by atoms with Crippen molar-refractivity contribution in [1.82, 2.24) is 0 Å². The molecule has 36 heavy (non-hydrogen) atoms. The van der Waals surface area contributed by atoms with Crippen LogP contribution in [0, 0.1) is 36.0 Å². The number of esters is 1. The summed E-state index contributed by atoms with van der Waals surface area (Å²) in [6, 6.07) is 2.65. The standard InChI is InChI=1S/C25H29F5O5S/c1-12(2)36(7,25(4,5)6)33-11-14-10-32-16-9-8-15(13(3)22(16)34-14)24(31)35-23-20(29)18(27)17(26)19(28)21(23)30/h8-9,12,14H,10-11H2,1-7H3/t14-/m1/s1. The Bertz CT molecular complexity index is 1150. The second kappa shape index (κ2) is 10.1. The Labute approximate surface area is 208 Å². The number of halogens is 5. The summed E-state index contributed by atoms with van der Waals surface area (Å²) in [6.07, 6.45) is 1.60. The number of hydrogen-bond acceptors (Lipinski definition) is 5. The van der Waals surface area contributed by atoms with Gasteiger partial charge >= 0.3 is 5.97 Å². The number of carbonyl (C=O) groups excluding carboxylic acids is 1. The van der Waals surface area contributed by atoms with E-state index in [1.807, 2.05) is 0 Å². The highest BCUT2D eigenvalue weighted by molar-refractivity contribution is 8.30. The highest BCUT2D eigenvalue weighted by Crippen LogP contribution is 2.60. The molecule has 0 saturated carbocycles. The van der Waals surface area contributed by atoms with E-state index in [0.29, 0.717) is 5.75 Å². The Morgan fingerprint density at radius 1 is 1.06 bits per heavy atom. The molecule has 0 aromatic heterocycles. The predicted octanol–water partition coefficient (Wildman–Crippen LogP) is 6.62. The van der Waals surface area contributed by atoms with E-state index in [1.54, 1.807) is 0 Å². The van der Waals surface area contributed by atoms with Gasteiger partial charge in [0.05, 0.1) is 12.2 Å². The molecule has 11 heteroatoms. The van der Waals surface area contributed by atoms with Gasteiger partial charge in [0.15, 0.2) is 17.6 Å². The van der Waals surface area contributed by atoms with Crippen LogP contribution in [0.3, 0.4) is 0 Å². The summed E-state index contributed by atoms with van der Waals surface area (Å²) in [5, 5.41) is 0.277. The van der Waals surface area contributed by atoms with Gasteiger partial charge in [-0.2, -0.15) is 8.78 Å². The first-order valence-corrected chi connectivity index (χ1v) is 13.2. The zero-order valence-electron chi connectivity index (χ0n) is 21.1. The number of ether oxygens (including phenoxy) is 3. The number of carbonyl (C=O) groups is 1. The maximum absolute atomic E-state index is 14.0. The van der Waals surface area contributed by atoms with Gasteiger partial charge in [0.2, 0.25) is 34.8 Å². The molecule has 2 atom stereocenters. The van der Waals surface area contributed by atoms with Gasteiger partial charge in [0.25, 0.3) is 0 Å². The first-order chi connectivity index (χ1) is 16.6. The minimum atomic E-state index is -2.35. The van der Waals surface area contributed by atoms with Gasteiger partial charge in [-0.15, -0.1) is 10.3 Å². The second-order valence-electron chi connectivity index (χ2n) is 9.75. The molecule has 0 N–H and O–H groups in total. The fourth-order valence-electron chi connectivity index (χ4n) is 3.67. The molecule has 0 radical (unpaired) electrons. The van der Waals surface area contributed by atoms with E-state index in [-0.39, 0.29) is 40.1 Å². The number of benzene rings is 2. The van der Waals surface area contributed by atoms with Crippen molar-refractivity contribution in [3.63, 3.8) is 0 Å². The topological polar surface area (TPSA) is 54.0 Å². The average molecular weight is 537 g/mol. The lowest BCUT2D eigenvalue weighted by Gasteiger charge is -2.50. The summed E-state index contributed by atoms with van der Waals surface area (Å²) in [5.74, 6) is -13.8. The SMILES string of the molecule is Cc1c(C(=O)Oc2c(F)c(F)c(F)c(F)c2F)ccc2c1O[C@@H](COS(C)(C(C)C)C(C)(C)C)CO2. The summed E-state index contributed by atoms with van der Waals surface area (Å²) >= 11 is 0. The molecular weight excluding hydrogens is 507 g/mol. The van der Waals surface area contributed by atoms with Crippen LogP contribution >= 0.6 is 10.3 Å². The third kappa shape index (κ3) is 5.00. The van der Waals surface area contributed by atoms with Crippen LogP contribution < -0.4 is 14.2 Å². The Morgan fingerprint density at radius 2 is 1.61 bits per heavy atom. The largest absolute Gasteiger partial charge is 0.486 e. The molecule has 5 nitrogen and oxygen atoms in total. The molecule has 0 bridgehead atoms. The fourth-order valence-corrected chi connectivity index (χ4v) is 6.15. The van der Waals surface area contributed by atoms with Crippen molar-refractivity contribution in [1.29, 1.82) is 0 Å². The lowest BCUT2D eigenvalue weighted by Crippen LogP contribution is -2.38. The lowest BCUT2D eigenvalue weighted by atomic mass is 10.1. The molecule has 1 unspecified atom stereocenters. The van der Waals surface area contributed by atoms with Crippen LogP contribution in [0.25, 0.3) is 0 Å². The molecule has 200 valence electrons. The first-order valence-electron chi connectivity index (χ1n) is 11.2. The maximum Gasteiger partial charge on any atom is 0.344 e. The van der Waals surface area contributed by atoms with Crippen LogP contribution in [-0.2, 0) is 4.18 Å². The normalized spacial score (nSPS) is 18.1. The van der Waals surface area contributed by atoms with Crippen LogP contribution in [0.4, 0.5) is 22.0 Å². The summed E-state index contributed by atoms with van der Waals surface area (Å²) in [4.78, 5) is 12.6. The molecule has 0 saturated heterocycles. The van der Waals surface area contributed by atoms with Crippen molar-refractivity contribution < 1.29 is 45.1 Å². The van der Waals surface area contributed by atoms with Crippen molar-refractivity contribution in [3.05, 3.63) is 52.3 Å². The van der Waals surface area contributed by atoms with Gasteiger partial charge in [-0.3, -0.25) is 0 Å². The van der Waals surface area contributed by atoms with Crippen molar-refractivity contribution in [3.8, 4) is 17.2 Å². The quantitative estimate of drug-likeness (QED) is 0.137. The molecular formula is C25H29F5O5S. The van der Waals surface area contributed by atoms with Crippen molar-refractivity contribution in [2.24, 2.45) is 0 Å².